The molecule has 0 saturated carbocycles. The molecule has 0 atom stereocenters. The van der Waals surface area contributed by atoms with Gasteiger partial charge in [0.05, 0.1) is 5.39 Å². The fourth-order valence-corrected chi connectivity index (χ4v) is 2.54. The van der Waals surface area contributed by atoms with Gasteiger partial charge in [0.15, 0.2) is 5.65 Å². The lowest BCUT2D eigenvalue weighted by atomic mass is 10.1. The quantitative estimate of drug-likeness (QED) is 0.290. The van der Waals surface area contributed by atoms with Crippen molar-refractivity contribution in [2.45, 2.75) is 25.8 Å². The molecule has 3 aromatic heterocycles. The Morgan fingerprint density at radius 2 is 2.04 bits per heavy atom. The van der Waals surface area contributed by atoms with Gasteiger partial charge in [-0.25, -0.2) is 25.1 Å². The van der Waals surface area contributed by atoms with Crippen LogP contribution in [0.2, 0.25) is 0 Å². The number of fused-ring (bicyclic) bond motifs is 1. The number of hydroxylamine groups is 1. The summed E-state index contributed by atoms with van der Waals surface area (Å²) in [5.41, 5.74) is 15.3. The number of aromatic nitrogens is 5. The van der Waals surface area contributed by atoms with Crippen molar-refractivity contribution in [2.75, 3.05) is 11.5 Å². The molecular formula is C15H18N8O2. The van der Waals surface area contributed by atoms with Crippen LogP contribution in [0.25, 0.3) is 22.3 Å². The van der Waals surface area contributed by atoms with Crippen LogP contribution in [0.1, 0.15) is 19.3 Å². The molecule has 3 heterocycles. The summed E-state index contributed by atoms with van der Waals surface area (Å²) in [5.74, 6) is 0.340. The third-order valence-corrected chi connectivity index (χ3v) is 3.77. The van der Waals surface area contributed by atoms with Crippen molar-refractivity contribution in [1.82, 2.24) is 30.2 Å². The predicted octanol–water partition coefficient (Wildman–Crippen LogP) is 0.728. The highest BCUT2D eigenvalue weighted by molar-refractivity contribution is 5.98. The van der Waals surface area contributed by atoms with Gasteiger partial charge in [0, 0.05) is 24.7 Å². The van der Waals surface area contributed by atoms with Crippen LogP contribution in [0.4, 0.5) is 11.6 Å². The molecule has 0 bridgehead atoms. The molecular weight excluding hydrogens is 324 g/mol. The Kier molecular flexibility index (Phi) is 4.70. The summed E-state index contributed by atoms with van der Waals surface area (Å²) >= 11 is 0. The van der Waals surface area contributed by atoms with Crippen LogP contribution in [0.5, 0.6) is 0 Å². The zero-order chi connectivity index (χ0) is 17.8. The maximum atomic E-state index is 11.1. The molecule has 6 N–H and O–H groups in total. The van der Waals surface area contributed by atoms with Crippen molar-refractivity contribution in [2.24, 2.45) is 0 Å². The van der Waals surface area contributed by atoms with Crippen molar-refractivity contribution in [3.8, 4) is 11.3 Å². The van der Waals surface area contributed by atoms with Gasteiger partial charge in [-0.1, -0.05) is 0 Å². The number of amides is 1. The van der Waals surface area contributed by atoms with Crippen molar-refractivity contribution >= 4 is 28.6 Å². The number of aryl methyl sites for hydroxylation is 1. The van der Waals surface area contributed by atoms with E-state index in [1.165, 1.54) is 6.33 Å². The first-order valence-electron chi connectivity index (χ1n) is 7.72. The van der Waals surface area contributed by atoms with Crippen LogP contribution in [-0.2, 0) is 11.3 Å². The molecule has 0 radical (unpaired) electrons. The Morgan fingerprint density at radius 3 is 2.76 bits per heavy atom. The van der Waals surface area contributed by atoms with Crippen molar-refractivity contribution in [3.05, 3.63) is 24.7 Å². The van der Waals surface area contributed by atoms with Gasteiger partial charge in [-0.15, -0.1) is 0 Å². The summed E-state index contributed by atoms with van der Waals surface area (Å²) < 4.78 is 1.73. The number of nitrogens with one attached hydrogen (secondary N) is 1. The van der Waals surface area contributed by atoms with Gasteiger partial charge in [0.2, 0.25) is 5.91 Å². The van der Waals surface area contributed by atoms with Crippen LogP contribution < -0.4 is 16.9 Å². The Balaban J connectivity index is 1.90. The molecule has 10 heteroatoms. The Morgan fingerprint density at radius 1 is 1.20 bits per heavy atom. The molecule has 0 aliphatic carbocycles. The number of nitrogens with zero attached hydrogens (tertiary/aromatic N) is 5. The lowest BCUT2D eigenvalue weighted by molar-refractivity contribution is -0.129. The van der Waals surface area contributed by atoms with E-state index in [1.807, 2.05) is 6.07 Å². The summed E-state index contributed by atoms with van der Waals surface area (Å²) in [5, 5.41) is 13.8. The fourth-order valence-electron chi connectivity index (χ4n) is 2.54. The van der Waals surface area contributed by atoms with Crippen LogP contribution in [0.15, 0.2) is 24.7 Å². The second-order valence-electron chi connectivity index (χ2n) is 5.49. The average Bonchev–Trinajstić information content (AvgIpc) is 2.99. The van der Waals surface area contributed by atoms with Gasteiger partial charge in [-0.3, -0.25) is 10.0 Å². The zero-order valence-corrected chi connectivity index (χ0v) is 13.4. The molecule has 0 aliphatic rings. The molecule has 0 unspecified atom stereocenters. The van der Waals surface area contributed by atoms with Gasteiger partial charge in [-0.05, 0) is 25.0 Å². The largest absolute Gasteiger partial charge is 0.384 e. The Bertz CT molecular complexity index is 890. The standard InChI is InChI=1S/C15H18N8O2/c16-10-5-4-9(7-18-10)13-12-14(17)19-8-20-15(12)23(21-13)6-2-1-3-11(24)22-25/h4-5,7-8,25H,1-3,6H2,(H2,16,18)(H,22,24)(H2,17,19,20). The molecule has 0 fully saturated rings. The van der Waals surface area contributed by atoms with Gasteiger partial charge in [-0.2, -0.15) is 5.10 Å². The Hall–Kier alpha value is -3.27. The number of carbonyl (C=O) groups is 1. The number of hydrogen-bond donors (Lipinski definition) is 4. The molecule has 0 aliphatic heterocycles. The third-order valence-electron chi connectivity index (χ3n) is 3.77. The summed E-state index contributed by atoms with van der Waals surface area (Å²) in [7, 11) is 0. The van der Waals surface area contributed by atoms with Crippen molar-refractivity contribution in [1.29, 1.82) is 0 Å². The molecule has 130 valence electrons. The van der Waals surface area contributed by atoms with E-state index in [-0.39, 0.29) is 6.42 Å². The van der Waals surface area contributed by atoms with E-state index >= 15 is 0 Å². The average molecular weight is 342 g/mol. The van der Waals surface area contributed by atoms with Crippen LogP contribution >= 0.6 is 0 Å². The monoisotopic (exact) mass is 342 g/mol. The lowest BCUT2D eigenvalue weighted by Gasteiger charge is -2.02. The van der Waals surface area contributed by atoms with Gasteiger partial charge < -0.3 is 11.5 Å². The molecule has 25 heavy (non-hydrogen) atoms. The minimum atomic E-state index is -0.412. The number of rotatable bonds is 6. The van der Waals surface area contributed by atoms with Gasteiger partial charge >= 0.3 is 0 Å². The molecule has 3 rings (SSSR count). The predicted molar refractivity (Wildman–Crippen MR) is 91.2 cm³/mol. The minimum Gasteiger partial charge on any atom is -0.384 e. The van der Waals surface area contributed by atoms with Gasteiger partial charge in [0.25, 0.3) is 0 Å². The Labute approximate surface area is 142 Å². The second-order valence-corrected chi connectivity index (χ2v) is 5.49. The van der Waals surface area contributed by atoms with E-state index in [0.29, 0.717) is 47.7 Å². The number of carbonyl (C=O) groups excluding carboxylic acids is 1. The van der Waals surface area contributed by atoms with Crippen LogP contribution in [0, 0.1) is 0 Å². The maximum absolute atomic E-state index is 11.1. The molecule has 1 amide bonds. The zero-order valence-electron chi connectivity index (χ0n) is 13.4. The highest BCUT2D eigenvalue weighted by Gasteiger charge is 2.17. The molecule has 0 aromatic carbocycles. The first-order chi connectivity index (χ1) is 12.1. The van der Waals surface area contributed by atoms with Crippen molar-refractivity contribution in [3.63, 3.8) is 0 Å². The molecule has 3 aromatic rings. The van der Waals surface area contributed by atoms with E-state index in [0.717, 1.165) is 5.56 Å². The smallest absolute Gasteiger partial charge is 0.243 e. The number of nitrogens with two attached hydrogens (primary N) is 2. The number of unbranched alkanes of at least 4 members (excludes halogenated alkanes) is 1. The lowest BCUT2D eigenvalue weighted by Crippen LogP contribution is -2.18. The highest BCUT2D eigenvalue weighted by Crippen LogP contribution is 2.30. The van der Waals surface area contributed by atoms with Crippen LogP contribution in [-0.4, -0.2) is 35.8 Å². The summed E-state index contributed by atoms with van der Waals surface area (Å²) in [6, 6.07) is 3.50. The van der Waals surface area contributed by atoms with E-state index in [1.54, 1.807) is 22.4 Å². The second kappa shape index (κ2) is 7.09. The van der Waals surface area contributed by atoms with E-state index in [2.05, 4.69) is 20.1 Å². The van der Waals surface area contributed by atoms with Gasteiger partial charge in [0.1, 0.15) is 23.7 Å². The third kappa shape index (κ3) is 3.48. The maximum Gasteiger partial charge on any atom is 0.243 e. The van der Waals surface area contributed by atoms with E-state index in [9.17, 15) is 4.79 Å². The van der Waals surface area contributed by atoms with E-state index in [4.69, 9.17) is 16.7 Å². The SMILES string of the molecule is Nc1ccc(-c2nn(CCCCC(=O)NO)c3ncnc(N)c23)cn1. The van der Waals surface area contributed by atoms with E-state index < -0.39 is 5.91 Å². The first kappa shape index (κ1) is 16.6. The molecule has 0 saturated heterocycles. The van der Waals surface area contributed by atoms with Crippen molar-refractivity contribution < 1.29 is 10.0 Å². The normalized spacial score (nSPS) is 10.9. The highest BCUT2D eigenvalue weighted by atomic mass is 16.5. The first-order valence-corrected chi connectivity index (χ1v) is 7.72. The summed E-state index contributed by atoms with van der Waals surface area (Å²) in [4.78, 5) is 23.5. The molecule has 10 nitrogen and oxygen atoms in total. The number of anilines is 2. The summed E-state index contributed by atoms with van der Waals surface area (Å²) in [6.45, 7) is 0.550. The number of nitrogen functional groups attached to an aromatic ring is 2. The fraction of sp³-hybridized carbons (Fsp3) is 0.267. The minimum absolute atomic E-state index is 0.238. The number of hydrogen-bond acceptors (Lipinski definition) is 8. The molecule has 0 spiro atoms. The summed E-state index contributed by atoms with van der Waals surface area (Å²) in [6.07, 6.45) is 4.54. The topological polar surface area (TPSA) is 158 Å². The van der Waals surface area contributed by atoms with Crippen LogP contribution in [0.3, 0.4) is 0 Å². The number of pyridine rings is 1.